The Labute approximate surface area is 118 Å². The number of nitrogens with two attached hydrogens (primary N) is 1. The first-order chi connectivity index (χ1) is 9.67. The van der Waals surface area contributed by atoms with Gasteiger partial charge in [0.05, 0.1) is 12.2 Å². The quantitative estimate of drug-likeness (QED) is 0.867. The molecule has 0 radical (unpaired) electrons. The van der Waals surface area contributed by atoms with Crippen molar-refractivity contribution in [2.24, 2.45) is 5.73 Å². The SMILES string of the molecule is CC1CN(c2nccc3ccc(O)cc23)CC(CN)O1. The Morgan fingerprint density at radius 3 is 3.05 bits per heavy atom. The summed E-state index contributed by atoms with van der Waals surface area (Å²) in [5.41, 5.74) is 5.73. The van der Waals surface area contributed by atoms with Crippen LogP contribution in [-0.2, 0) is 4.74 Å². The second-order valence-electron chi connectivity index (χ2n) is 5.25. The third-order valence-corrected chi connectivity index (χ3v) is 3.62. The van der Waals surface area contributed by atoms with Crippen molar-refractivity contribution >= 4 is 16.6 Å². The molecule has 2 heterocycles. The molecule has 2 atom stereocenters. The Hall–Kier alpha value is -1.85. The summed E-state index contributed by atoms with van der Waals surface area (Å²) in [7, 11) is 0. The first-order valence-electron chi connectivity index (χ1n) is 6.85. The van der Waals surface area contributed by atoms with Gasteiger partial charge in [0.1, 0.15) is 11.6 Å². The van der Waals surface area contributed by atoms with E-state index in [-0.39, 0.29) is 18.0 Å². The number of hydrogen-bond donors (Lipinski definition) is 2. The lowest BCUT2D eigenvalue weighted by Crippen LogP contribution is -2.49. The van der Waals surface area contributed by atoms with Crippen molar-refractivity contribution in [2.45, 2.75) is 19.1 Å². The van der Waals surface area contributed by atoms with Gasteiger partial charge in [0.15, 0.2) is 0 Å². The van der Waals surface area contributed by atoms with Gasteiger partial charge < -0.3 is 20.5 Å². The normalized spacial score (nSPS) is 23.2. The Balaban J connectivity index is 2.02. The number of aromatic hydroxyl groups is 1. The molecular weight excluding hydrogens is 254 g/mol. The van der Waals surface area contributed by atoms with Crippen LogP contribution in [0, 0.1) is 0 Å². The van der Waals surface area contributed by atoms with Gasteiger partial charge in [-0.05, 0) is 30.5 Å². The summed E-state index contributed by atoms with van der Waals surface area (Å²) in [5, 5.41) is 11.7. The fraction of sp³-hybridized carbons (Fsp3) is 0.400. The van der Waals surface area contributed by atoms with Crippen LogP contribution < -0.4 is 10.6 Å². The lowest BCUT2D eigenvalue weighted by Gasteiger charge is -2.37. The van der Waals surface area contributed by atoms with Crippen LogP contribution in [0.4, 0.5) is 5.82 Å². The van der Waals surface area contributed by atoms with Crippen LogP contribution in [-0.4, -0.2) is 41.9 Å². The molecule has 5 heteroatoms. The Bertz CT molecular complexity index is 617. The number of phenols is 1. The molecule has 1 aromatic carbocycles. The van der Waals surface area contributed by atoms with Gasteiger partial charge in [0.2, 0.25) is 0 Å². The Kier molecular flexibility index (Phi) is 3.46. The Morgan fingerprint density at radius 1 is 1.40 bits per heavy atom. The smallest absolute Gasteiger partial charge is 0.136 e. The van der Waals surface area contributed by atoms with Crippen LogP contribution in [0.5, 0.6) is 5.75 Å². The summed E-state index contributed by atoms with van der Waals surface area (Å²) in [4.78, 5) is 6.68. The van der Waals surface area contributed by atoms with E-state index < -0.39 is 0 Å². The van der Waals surface area contributed by atoms with Crippen molar-refractivity contribution in [1.29, 1.82) is 0 Å². The lowest BCUT2D eigenvalue weighted by molar-refractivity contribution is -0.0106. The minimum absolute atomic E-state index is 0.0214. The molecule has 2 aromatic rings. The molecule has 20 heavy (non-hydrogen) atoms. The summed E-state index contributed by atoms with van der Waals surface area (Å²) >= 11 is 0. The highest BCUT2D eigenvalue weighted by Gasteiger charge is 2.26. The number of benzene rings is 1. The van der Waals surface area contributed by atoms with Crippen LogP contribution in [0.3, 0.4) is 0 Å². The van der Waals surface area contributed by atoms with E-state index in [1.54, 1.807) is 18.3 Å². The number of rotatable bonds is 2. The Morgan fingerprint density at radius 2 is 2.25 bits per heavy atom. The molecule has 0 bridgehead atoms. The van der Waals surface area contributed by atoms with Crippen molar-refractivity contribution in [3.8, 4) is 5.75 Å². The first kappa shape index (κ1) is 13.1. The second kappa shape index (κ2) is 5.26. The van der Waals surface area contributed by atoms with Gasteiger partial charge in [-0.15, -0.1) is 0 Å². The van der Waals surface area contributed by atoms with Crippen LogP contribution in [0.15, 0.2) is 30.5 Å². The van der Waals surface area contributed by atoms with E-state index in [0.29, 0.717) is 6.54 Å². The third-order valence-electron chi connectivity index (χ3n) is 3.62. The van der Waals surface area contributed by atoms with Crippen LogP contribution in [0.1, 0.15) is 6.92 Å². The zero-order valence-electron chi connectivity index (χ0n) is 11.5. The van der Waals surface area contributed by atoms with Gasteiger partial charge in [-0.3, -0.25) is 0 Å². The molecule has 2 unspecified atom stereocenters. The van der Waals surface area contributed by atoms with Crippen molar-refractivity contribution in [3.05, 3.63) is 30.5 Å². The van der Waals surface area contributed by atoms with E-state index in [2.05, 4.69) is 9.88 Å². The number of pyridine rings is 1. The molecule has 1 saturated heterocycles. The number of ether oxygens (including phenoxy) is 1. The maximum Gasteiger partial charge on any atom is 0.136 e. The first-order valence-corrected chi connectivity index (χ1v) is 6.85. The van der Waals surface area contributed by atoms with Crippen molar-refractivity contribution in [2.75, 3.05) is 24.5 Å². The molecule has 1 aliphatic heterocycles. The minimum atomic E-state index is 0.0214. The average Bonchev–Trinajstić information content (AvgIpc) is 2.45. The van der Waals surface area contributed by atoms with E-state index >= 15 is 0 Å². The third kappa shape index (κ3) is 2.42. The average molecular weight is 273 g/mol. The summed E-state index contributed by atoms with van der Waals surface area (Å²) in [6, 6.07) is 7.30. The van der Waals surface area contributed by atoms with Crippen LogP contribution >= 0.6 is 0 Å². The number of nitrogens with zero attached hydrogens (tertiary/aromatic N) is 2. The van der Waals surface area contributed by atoms with Gasteiger partial charge in [-0.1, -0.05) is 6.07 Å². The highest BCUT2D eigenvalue weighted by molar-refractivity contribution is 5.93. The molecule has 1 aromatic heterocycles. The van der Waals surface area contributed by atoms with Crippen molar-refractivity contribution < 1.29 is 9.84 Å². The predicted molar refractivity (Wildman–Crippen MR) is 79.0 cm³/mol. The molecule has 1 aliphatic rings. The van der Waals surface area contributed by atoms with Crippen molar-refractivity contribution in [1.82, 2.24) is 4.98 Å². The second-order valence-corrected chi connectivity index (χ2v) is 5.25. The number of aromatic nitrogens is 1. The fourth-order valence-electron chi connectivity index (χ4n) is 2.74. The standard InChI is InChI=1S/C15H19N3O2/c1-10-8-18(9-13(7-16)20-10)15-14-6-12(19)3-2-11(14)4-5-17-15/h2-6,10,13,19H,7-9,16H2,1H3. The van der Waals surface area contributed by atoms with Crippen LogP contribution in [0.25, 0.3) is 10.8 Å². The topological polar surface area (TPSA) is 71.6 Å². The highest BCUT2D eigenvalue weighted by Crippen LogP contribution is 2.29. The largest absolute Gasteiger partial charge is 0.508 e. The molecule has 106 valence electrons. The predicted octanol–water partition coefficient (Wildman–Crippen LogP) is 1.49. The molecule has 0 aliphatic carbocycles. The number of fused-ring (bicyclic) bond motifs is 1. The maximum atomic E-state index is 9.71. The number of phenolic OH excluding ortho intramolecular Hbond substituents is 1. The highest BCUT2D eigenvalue weighted by atomic mass is 16.5. The summed E-state index contributed by atoms with van der Waals surface area (Å²) in [6.45, 7) is 4.04. The van der Waals surface area contributed by atoms with Gasteiger partial charge in [-0.2, -0.15) is 0 Å². The van der Waals surface area contributed by atoms with E-state index in [0.717, 1.165) is 29.7 Å². The van der Waals surface area contributed by atoms with E-state index in [4.69, 9.17) is 10.5 Å². The lowest BCUT2D eigenvalue weighted by atomic mass is 10.1. The molecule has 0 amide bonds. The molecule has 1 fully saturated rings. The van der Waals surface area contributed by atoms with Gasteiger partial charge in [0, 0.05) is 31.2 Å². The summed E-state index contributed by atoms with van der Waals surface area (Å²) < 4.78 is 5.78. The van der Waals surface area contributed by atoms with Gasteiger partial charge >= 0.3 is 0 Å². The molecule has 5 nitrogen and oxygen atoms in total. The zero-order chi connectivity index (χ0) is 14.1. The molecule has 0 spiro atoms. The number of morpholine rings is 1. The van der Waals surface area contributed by atoms with Crippen molar-refractivity contribution in [3.63, 3.8) is 0 Å². The minimum Gasteiger partial charge on any atom is -0.508 e. The number of hydrogen-bond acceptors (Lipinski definition) is 5. The van der Waals surface area contributed by atoms with Gasteiger partial charge in [-0.25, -0.2) is 4.98 Å². The van der Waals surface area contributed by atoms with E-state index in [1.165, 1.54) is 0 Å². The summed E-state index contributed by atoms with van der Waals surface area (Å²) in [5.74, 6) is 1.13. The molecule has 0 saturated carbocycles. The van der Waals surface area contributed by atoms with Gasteiger partial charge in [0.25, 0.3) is 0 Å². The zero-order valence-corrected chi connectivity index (χ0v) is 11.5. The van der Waals surface area contributed by atoms with E-state index in [9.17, 15) is 5.11 Å². The van der Waals surface area contributed by atoms with Crippen LogP contribution in [0.2, 0.25) is 0 Å². The fourth-order valence-corrected chi connectivity index (χ4v) is 2.74. The number of anilines is 1. The van der Waals surface area contributed by atoms with E-state index in [1.807, 2.05) is 19.1 Å². The monoisotopic (exact) mass is 273 g/mol. The molecule has 3 rings (SSSR count). The summed E-state index contributed by atoms with van der Waals surface area (Å²) in [6.07, 6.45) is 1.94. The maximum absolute atomic E-state index is 9.71. The molecule has 3 N–H and O–H groups in total. The molecular formula is C15H19N3O2.